The molecule has 8 fully saturated rings. The van der Waals surface area contributed by atoms with Crippen molar-refractivity contribution in [3.05, 3.63) is 0 Å². The lowest BCUT2D eigenvalue weighted by Gasteiger charge is -2.59. The van der Waals surface area contributed by atoms with Crippen LogP contribution in [0.15, 0.2) is 0 Å². The van der Waals surface area contributed by atoms with Gasteiger partial charge in [-0.25, -0.2) is 0 Å². The van der Waals surface area contributed by atoms with Crippen molar-refractivity contribution >= 4 is 11.8 Å². The molecule has 11 heteroatoms. The Balaban J connectivity index is 0.662. The van der Waals surface area contributed by atoms with Crippen LogP contribution < -0.4 is 16.0 Å². The number of carbonyl (C=O) groups excluding carboxylic acids is 2. The maximum Gasteiger partial charge on any atom is 0.220 e. The zero-order valence-electron chi connectivity index (χ0n) is 40.2. The summed E-state index contributed by atoms with van der Waals surface area (Å²) in [4.78, 5) is 25.8. The molecule has 0 unspecified atom stereocenters. The minimum Gasteiger partial charge on any atom is -0.393 e. The molecule has 11 nitrogen and oxygen atoms in total. The van der Waals surface area contributed by atoms with Crippen LogP contribution in [0.25, 0.3) is 0 Å². The van der Waals surface area contributed by atoms with Crippen molar-refractivity contribution in [1.82, 2.24) is 16.0 Å². The molecule has 8 saturated carbocycles. The van der Waals surface area contributed by atoms with E-state index in [2.05, 4.69) is 43.6 Å². The summed E-state index contributed by atoms with van der Waals surface area (Å²) in [5, 5.41) is 76.9. The van der Waals surface area contributed by atoms with Crippen molar-refractivity contribution in [1.29, 1.82) is 0 Å². The molecular weight excluding hydrogens is 807 g/mol. The topological polar surface area (TPSA) is 192 Å². The zero-order valence-corrected chi connectivity index (χ0v) is 40.2. The van der Waals surface area contributed by atoms with Gasteiger partial charge in [0.1, 0.15) is 0 Å². The van der Waals surface area contributed by atoms with Crippen LogP contribution >= 0.6 is 0 Å². The number of fused-ring (bicyclic) bond motifs is 10. The molecule has 22 atom stereocenters. The third kappa shape index (κ3) is 9.64. The lowest BCUT2D eigenvalue weighted by Crippen LogP contribution is -2.59. The van der Waals surface area contributed by atoms with E-state index in [0.29, 0.717) is 96.9 Å². The first-order chi connectivity index (χ1) is 30.6. The highest BCUT2D eigenvalue weighted by molar-refractivity contribution is 5.76. The van der Waals surface area contributed by atoms with Crippen LogP contribution in [0.1, 0.15) is 163 Å². The number of carbonyl (C=O) groups is 2. The largest absolute Gasteiger partial charge is 0.393 e. The maximum atomic E-state index is 12.9. The smallest absolute Gasteiger partial charge is 0.220 e. The van der Waals surface area contributed by atoms with E-state index >= 15 is 0 Å². The Morgan fingerprint density at radius 2 is 0.938 bits per heavy atom. The molecule has 8 aliphatic carbocycles. The average Bonchev–Trinajstić information content (AvgIpc) is 3.80. The molecule has 9 N–H and O–H groups in total. The van der Waals surface area contributed by atoms with Crippen LogP contribution in [0.3, 0.4) is 0 Å². The fraction of sp³-hybridized carbons (Fsp3) is 0.962. The third-order valence-electron chi connectivity index (χ3n) is 21.2. The maximum absolute atomic E-state index is 12.9. The summed E-state index contributed by atoms with van der Waals surface area (Å²) in [6.45, 7) is 12.1. The van der Waals surface area contributed by atoms with E-state index in [1.54, 1.807) is 0 Å². The SMILES string of the molecule is C[C@H](CCC(=O)NCCCCNCCCNC(=O)CC[C@@H](C)[C@H]1CC[C@H]2[C@H]3[C@H](C[C@@H](O)[C@]12C)[C@H]1CC[C@@H](O)C[C@H]1C[C@H]3O)[C@H]1CC[C@H]2[C@H]3[C@H](C[C@@H](O)[C@]12C)[C@H]1CC[C@@H](O)C[C@H]1C[C@H]3O. The number of rotatable bonds is 17. The van der Waals surface area contributed by atoms with Crippen LogP contribution in [-0.4, -0.2) is 105 Å². The predicted molar refractivity (Wildman–Crippen MR) is 248 cm³/mol. The molecule has 0 aromatic rings. The van der Waals surface area contributed by atoms with Crippen LogP contribution in [0, 0.1) is 93.7 Å². The van der Waals surface area contributed by atoms with Gasteiger partial charge >= 0.3 is 0 Å². The monoisotopic (exact) mass is 898 g/mol. The first-order valence-corrected chi connectivity index (χ1v) is 26.9. The van der Waals surface area contributed by atoms with Crippen molar-refractivity contribution in [3.63, 3.8) is 0 Å². The van der Waals surface area contributed by atoms with Crippen LogP contribution in [0.4, 0.5) is 0 Å². The Hall–Kier alpha value is -1.34. The fourth-order valence-electron chi connectivity index (χ4n) is 18.1. The van der Waals surface area contributed by atoms with Gasteiger partial charge in [0.05, 0.1) is 36.6 Å². The Kier molecular flexibility index (Phi) is 15.9. The molecule has 366 valence electrons. The molecule has 0 radical (unpaired) electrons. The molecule has 0 bridgehead atoms. The third-order valence-corrected chi connectivity index (χ3v) is 21.2. The van der Waals surface area contributed by atoms with Gasteiger partial charge < -0.3 is 46.6 Å². The van der Waals surface area contributed by atoms with E-state index in [9.17, 15) is 40.2 Å². The van der Waals surface area contributed by atoms with Gasteiger partial charge in [-0.15, -0.1) is 0 Å². The lowest BCUT2D eigenvalue weighted by atomic mass is 9.47. The lowest BCUT2D eigenvalue weighted by molar-refractivity contribution is -0.180. The van der Waals surface area contributed by atoms with Gasteiger partial charge in [0.25, 0.3) is 0 Å². The number of unbranched alkanes of at least 4 members (excludes halogenated alkanes) is 1. The van der Waals surface area contributed by atoms with Crippen molar-refractivity contribution in [2.24, 2.45) is 93.7 Å². The molecule has 64 heavy (non-hydrogen) atoms. The van der Waals surface area contributed by atoms with E-state index < -0.39 is 0 Å². The Morgan fingerprint density at radius 3 is 1.41 bits per heavy atom. The number of hydrogen-bond acceptors (Lipinski definition) is 9. The summed E-state index contributed by atoms with van der Waals surface area (Å²) >= 11 is 0. The molecular formula is C53H91N3O8. The van der Waals surface area contributed by atoms with Crippen molar-refractivity contribution in [2.45, 2.75) is 199 Å². The molecule has 2 amide bonds. The normalized spacial score (nSPS) is 46.9. The van der Waals surface area contributed by atoms with Gasteiger partial charge in [-0.1, -0.05) is 27.7 Å². The van der Waals surface area contributed by atoms with Crippen LogP contribution in [0.2, 0.25) is 0 Å². The number of nitrogens with one attached hydrogen (secondary N) is 3. The second-order valence-corrected chi connectivity index (χ2v) is 24.2. The fourth-order valence-corrected chi connectivity index (χ4v) is 18.1. The standard InChI is InChI=1S/C53H91N3O8/c1-30(40-14-16-42-50-38(28-46(61)52(40,42)3)36-12-10-34(57)24-32(36)26-44(50)59)8-18-48(63)55-22-6-5-20-54-21-7-23-56-49(64)19-9-31(2)41-15-17-43-51-39(29-47(62)53(41,43)4)37-13-11-35(58)25-33(37)27-45(51)60/h30-47,50-51,54,57-62H,5-29H2,1-4H3,(H,55,63)(H,56,64)/t30-,31-,32+,33+,34-,35-,36+,37+,38-,39-,40-,41-,42+,43+,44-,45-,46-,47-,50-,51-,52-,53-/m1/s1. The Labute approximate surface area is 385 Å². The highest BCUT2D eigenvalue weighted by Gasteiger charge is 2.65. The first-order valence-electron chi connectivity index (χ1n) is 26.9. The van der Waals surface area contributed by atoms with E-state index in [1.807, 2.05) is 0 Å². The molecule has 8 rings (SSSR count). The molecule has 0 aromatic heterocycles. The Bertz CT molecular complexity index is 1460. The average molecular weight is 898 g/mol. The predicted octanol–water partition coefficient (Wildman–Crippen LogP) is 5.95. The zero-order chi connectivity index (χ0) is 45.5. The molecule has 0 aromatic carbocycles. The molecule has 0 spiro atoms. The van der Waals surface area contributed by atoms with Gasteiger partial charge in [-0.2, -0.15) is 0 Å². The number of aliphatic hydroxyl groups excluding tert-OH is 6. The van der Waals surface area contributed by atoms with Crippen molar-refractivity contribution in [2.75, 3.05) is 26.2 Å². The molecule has 0 aliphatic heterocycles. The van der Waals surface area contributed by atoms with Crippen molar-refractivity contribution < 1.29 is 40.2 Å². The van der Waals surface area contributed by atoms with Crippen molar-refractivity contribution in [3.8, 4) is 0 Å². The van der Waals surface area contributed by atoms with E-state index in [-0.39, 0.29) is 71.1 Å². The van der Waals surface area contributed by atoms with Gasteiger partial charge in [-0.3, -0.25) is 9.59 Å². The molecule has 0 saturated heterocycles. The summed E-state index contributed by atoms with van der Waals surface area (Å²) in [6, 6.07) is 0. The molecule has 0 heterocycles. The second-order valence-electron chi connectivity index (χ2n) is 24.2. The summed E-state index contributed by atoms with van der Waals surface area (Å²) in [5.74, 6) is 5.12. The van der Waals surface area contributed by atoms with Crippen LogP contribution in [0.5, 0.6) is 0 Å². The van der Waals surface area contributed by atoms with Crippen LogP contribution in [-0.2, 0) is 9.59 Å². The highest BCUT2D eigenvalue weighted by Crippen LogP contribution is 2.67. The summed E-state index contributed by atoms with van der Waals surface area (Å²) in [5.41, 5.74) is -0.456. The highest BCUT2D eigenvalue weighted by atomic mass is 16.3. The minimum absolute atomic E-state index is 0.0970. The van der Waals surface area contributed by atoms with E-state index in [4.69, 9.17) is 0 Å². The quantitative estimate of drug-likeness (QED) is 0.0795. The first kappa shape index (κ1) is 49.1. The summed E-state index contributed by atoms with van der Waals surface area (Å²) in [6.07, 6.45) is 16.1. The second kappa shape index (κ2) is 20.7. The Morgan fingerprint density at radius 1 is 0.516 bits per heavy atom. The van der Waals surface area contributed by atoms with Gasteiger partial charge in [0.15, 0.2) is 0 Å². The molecule has 8 aliphatic rings. The number of hydrogen-bond donors (Lipinski definition) is 9. The van der Waals surface area contributed by atoms with E-state index in [0.717, 1.165) is 135 Å². The summed E-state index contributed by atoms with van der Waals surface area (Å²) in [7, 11) is 0. The number of aliphatic hydroxyl groups is 6. The minimum atomic E-state index is -0.385. The van der Waals surface area contributed by atoms with Gasteiger partial charge in [-0.05, 0) is 229 Å². The summed E-state index contributed by atoms with van der Waals surface area (Å²) < 4.78 is 0. The van der Waals surface area contributed by atoms with Gasteiger partial charge in [0.2, 0.25) is 11.8 Å². The van der Waals surface area contributed by atoms with Gasteiger partial charge in [0, 0.05) is 25.9 Å². The number of amides is 2. The van der Waals surface area contributed by atoms with E-state index in [1.165, 1.54) is 0 Å².